The number of hydrogen-bond acceptors (Lipinski definition) is 4. The van der Waals surface area contributed by atoms with E-state index in [-0.39, 0.29) is 5.91 Å². The molecular weight excluding hydrogens is 328 g/mol. The van der Waals surface area contributed by atoms with Crippen molar-refractivity contribution in [1.82, 2.24) is 10.4 Å². The minimum Gasteiger partial charge on any atom is -0.473 e. The van der Waals surface area contributed by atoms with Crippen molar-refractivity contribution in [3.63, 3.8) is 0 Å². The normalized spacial score (nSPS) is 14.8. The summed E-state index contributed by atoms with van der Waals surface area (Å²) in [5, 5.41) is 9.03. The molecule has 26 heavy (non-hydrogen) atoms. The average Bonchev–Trinajstić information content (AvgIpc) is 2.68. The Morgan fingerprint density at radius 2 is 2.04 bits per heavy atom. The first-order valence-corrected chi connectivity index (χ1v) is 9.23. The van der Waals surface area contributed by atoms with Gasteiger partial charge in [0.2, 0.25) is 0 Å². The van der Waals surface area contributed by atoms with Crippen LogP contribution in [0.15, 0.2) is 48.5 Å². The van der Waals surface area contributed by atoms with Crippen molar-refractivity contribution in [2.75, 3.05) is 13.1 Å². The van der Waals surface area contributed by atoms with E-state index < -0.39 is 6.23 Å². The summed E-state index contributed by atoms with van der Waals surface area (Å²) in [5.74, 6) is 0.765. The van der Waals surface area contributed by atoms with E-state index in [9.17, 15) is 4.79 Å². The second-order valence-corrected chi connectivity index (χ2v) is 6.59. The van der Waals surface area contributed by atoms with Gasteiger partial charge in [0.15, 0.2) is 6.23 Å². The third-order valence-corrected chi connectivity index (χ3v) is 4.77. The zero-order chi connectivity index (χ0) is 18.4. The summed E-state index contributed by atoms with van der Waals surface area (Å²) in [7, 11) is 0. The second-order valence-electron chi connectivity index (χ2n) is 6.59. The molecule has 2 aromatic carbocycles. The van der Waals surface area contributed by atoms with Crippen molar-refractivity contribution in [1.29, 1.82) is 0 Å². The number of hydroxylamine groups is 1. The molecule has 2 N–H and O–H groups in total. The zero-order valence-electron chi connectivity index (χ0n) is 15.1. The van der Waals surface area contributed by atoms with Crippen molar-refractivity contribution in [2.45, 2.75) is 38.8 Å². The molecule has 0 saturated carbocycles. The van der Waals surface area contributed by atoms with Gasteiger partial charge in [-0.25, -0.2) is 0 Å². The largest absolute Gasteiger partial charge is 0.473 e. The smallest absolute Gasteiger partial charge is 0.254 e. The van der Waals surface area contributed by atoms with Gasteiger partial charge in [0, 0.05) is 18.7 Å². The Kier molecular flexibility index (Phi) is 6.26. The van der Waals surface area contributed by atoms with Crippen molar-refractivity contribution < 1.29 is 14.7 Å². The molecular formula is C21H26N2O3. The lowest BCUT2D eigenvalue weighted by Gasteiger charge is -2.29. The maximum atomic E-state index is 12.7. The molecule has 0 bridgehead atoms. The Hall–Kier alpha value is -2.37. The quantitative estimate of drug-likeness (QED) is 0.563. The SMILES string of the molecule is CCC(NO)Oc1ccc2c(c1)CCN(CCCc1ccccc1)C2=O. The van der Waals surface area contributed by atoms with Crippen molar-refractivity contribution in [3.05, 3.63) is 65.2 Å². The molecule has 0 aromatic heterocycles. The van der Waals surface area contributed by atoms with Crippen molar-refractivity contribution >= 4 is 5.91 Å². The van der Waals surface area contributed by atoms with Crippen LogP contribution in [0.25, 0.3) is 0 Å². The molecule has 5 heteroatoms. The predicted molar refractivity (Wildman–Crippen MR) is 100 cm³/mol. The highest BCUT2D eigenvalue weighted by Crippen LogP contribution is 2.25. The van der Waals surface area contributed by atoms with E-state index >= 15 is 0 Å². The van der Waals surface area contributed by atoms with E-state index in [2.05, 4.69) is 17.6 Å². The molecule has 0 fully saturated rings. The Balaban J connectivity index is 1.59. The van der Waals surface area contributed by atoms with Crippen LogP contribution in [0.2, 0.25) is 0 Å². The Bertz CT molecular complexity index is 729. The van der Waals surface area contributed by atoms with Gasteiger partial charge < -0.3 is 14.8 Å². The molecule has 1 atom stereocenters. The lowest BCUT2D eigenvalue weighted by Crippen LogP contribution is -2.38. The molecule has 0 spiro atoms. The maximum absolute atomic E-state index is 12.7. The number of carbonyl (C=O) groups is 1. The first kappa shape index (κ1) is 18.4. The average molecular weight is 354 g/mol. The number of carbonyl (C=O) groups excluding carboxylic acids is 1. The van der Waals surface area contributed by atoms with Gasteiger partial charge in [0.1, 0.15) is 5.75 Å². The van der Waals surface area contributed by atoms with E-state index in [0.29, 0.717) is 12.2 Å². The van der Waals surface area contributed by atoms with Crippen LogP contribution in [0.3, 0.4) is 0 Å². The maximum Gasteiger partial charge on any atom is 0.254 e. The standard InChI is InChI=1S/C21H26N2O3/c1-2-20(22-25)26-18-10-11-19-17(15-18)12-14-23(21(19)24)13-6-9-16-7-4-3-5-8-16/h3-5,7-8,10-11,15,20,22,25H,2,6,9,12-14H2,1H3. The Morgan fingerprint density at radius 3 is 2.77 bits per heavy atom. The Labute approximate surface area is 154 Å². The minimum atomic E-state index is -0.443. The molecule has 1 heterocycles. The fourth-order valence-corrected chi connectivity index (χ4v) is 3.28. The van der Waals surface area contributed by atoms with Crippen LogP contribution < -0.4 is 10.2 Å². The Morgan fingerprint density at radius 1 is 1.23 bits per heavy atom. The van der Waals surface area contributed by atoms with Crippen LogP contribution in [-0.2, 0) is 12.8 Å². The molecule has 1 unspecified atom stereocenters. The van der Waals surface area contributed by atoms with E-state index in [4.69, 9.17) is 9.94 Å². The number of ether oxygens (including phenoxy) is 1. The number of amides is 1. The van der Waals surface area contributed by atoms with Crippen molar-refractivity contribution in [3.8, 4) is 5.75 Å². The van der Waals surface area contributed by atoms with Gasteiger partial charge in [-0.3, -0.25) is 4.79 Å². The summed E-state index contributed by atoms with van der Waals surface area (Å²) in [6.07, 6.45) is 2.97. The molecule has 5 nitrogen and oxygen atoms in total. The van der Waals surface area contributed by atoms with Gasteiger partial charge in [-0.1, -0.05) is 37.3 Å². The van der Waals surface area contributed by atoms with Gasteiger partial charge in [-0.2, -0.15) is 5.48 Å². The third kappa shape index (κ3) is 4.42. The topological polar surface area (TPSA) is 61.8 Å². The highest BCUT2D eigenvalue weighted by atomic mass is 16.6. The highest BCUT2D eigenvalue weighted by Gasteiger charge is 2.24. The lowest BCUT2D eigenvalue weighted by atomic mass is 9.98. The van der Waals surface area contributed by atoms with Gasteiger partial charge >= 0.3 is 0 Å². The summed E-state index contributed by atoms with van der Waals surface area (Å²) in [5.41, 5.74) is 5.21. The summed E-state index contributed by atoms with van der Waals surface area (Å²) in [4.78, 5) is 14.7. The minimum absolute atomic E-state index is 0.0955. The van der Waals surface area contributed by atoms with Gasteiger partial charge in [-0.15, -0.1) is 0 Å². The molecule has 0 radical (unpaired) electrons. The molecule has 0 aliphatic carbocycles. The van der Waals surface area contributed by atoms with E-state index in [1.807, 2.05) is 42.2 Å². The van der Waals surface area contributed by atoms with Crippen LogP contribution in [0.1, 0.15) is 41.3 Å². The zero-order valence-corrected chi connectivity index (χ0v) is 15.1. The molecule has 1 amide bonds. The fraction of sp³-hybridized carbons (Fsp3) is 0.381. The van der Waals surface area contributed by atoms with Crippen LogP contribution in [0.5, 0.6) is 5.75 Å². The summed E-state index contributed by atoms with van der Waals surface area (Å²) >= 11 is 0. The molecule has 1 aliphatic heterocycles. The monoisotopic (exact) mass is 354 g/mol. The summed E-state index contributed by atoms with van der Waals surface area (Å²) in [6.45, 7) is 3.43. The molecule has 0 saturated heterocycles. The van der Waals surface area contributed by atoms with Crippen LogP contribution in [-0.4, -0.2) is 35.3 Å². The number of nitrogens with one attached hydrogen (secondary N) is 1. The summed E-state index contributed by atoms with van der Waals surface area (Å²) < 4.78 is 5.67. The van der Waals surface area contributed by atoms with Gasteiger partial charge in [-0.05, 0) is 55.0 Å². The molecule has 138 valence electrons. The van der Waals surface area contributed by atoms with E-state index in [0.717, 1.165) is 43.5 Å². The number of hydrogen-bond donors (Lipinski definition) is 2. The highest BCUT2D eigenvalue weighted by molar-refractivity contribution is 5.96. The van der Waals surface area contributed by atoms with Crippen molar-refractivity contribution in [2.24, 2.45) is 0 Å². The second kappa shape index (κ2) is 8.83. The first-order valence-electron chi connectivity index (χ1n) is 9.23. The third-order valence-electron chi connectivity index (χ3n) is 4.77. The van der Waals surface area contributed by atoms with E-state index in [1.54, 1.807) is 6.07 Å². The van der Waals surface area contributed by atoms with E-state index in [1.165, 1.54) is 5.56 Å². The van der Waals surface area contributed by atoms with Crippen LogP contribution in [0.4, 0.5) is 0 Å². The number of benzene rings is 2. The summed E-state index contributed by atoms with van der Waals surface area (Å²) in [6, 6.07) is 15.9. The number of aryl methyl sites for hydroxylation is 1. The molecule has 1 aliphatic rings. The number of nitrogens with zero attached hydrogens (tertiary/aromatic N) is 1. The number of rotatable bonds is 8. The molecule has 3 rings (SSSR count). The first-order chi connectivity index (χ1) is 12.7. The predicted octanol–water partition coefficient (Wildman–Crippen LogP) is 3.41. The van der Waals surface area contributed by atoms with Gasteiger partial charge in [0.05, 0.1) is 0 Å². The lowest BCUT2D eigenvalue weighted by molar-refractivity contribution is 0.0168. The van der Waals surface area contributed by atoms with Crippen LogP contribution in [0, 0.1) is 0 Å². The fourth-order valence-electron chi connectivity index (χ4n) is 3.28. The van der Waals surface area contributed by atoms with Gasteiger partial charge in [0.25, 0.3) is 5.91 Å². The number of fused-ring (bicyclic) bond motifs is 1. The molecule has 2 aromatic rings. The van der Waals surface area contributed by atoms with Crippen LogP contribution >= 0.6 is 0 Å².